The van der Waals surface area contributed by atoms with Crippen LogP contribution < -0.4 is 0 Å². The summed E-state index contributed by atoms with van der Waals surface area (Å²) in [5.74, 6) is 0.876. The first kappa shape index (κ1) is 11.1. The van der Waals surface area contributed by atoms with E-state index in [9.17, 15) is 5.11 Å². The van der Waals surface area contributed by atoms with Crippen molar-refractivity contribution in [2.75, 3.05) is 0 Å². The molecule has 1 N–H and O–H groups in total. The van der Waals surface area contributed by atoms with Crippen molar-refractivity contribution in [2.24, 2.45) is 0 Å². The van der Waals surface area contributed by atoms with Crippen LogP contribution in [0.2, 0.25) is 5.02 Å². The van der Waals surface area contributed by atoms with Crippen molar-refractivity contribution in [3.8, 4) is 0 Å². The molecule has 0 aromatic heterocycles. The maximum absolute atomic E-state index is 10.4. The largest absolute Gasteiger partial charge is 0.384 e. The van der Waals surface area contributed by atoms with Gasteiger partial charge in [0, 0.05) is 15.7 Å². The summed E-state index contributed by atoms with van der Waals surface area (Å²) in [6.45, 7) is 0. The number of aliphatic hydroxyl groups is 1. The molecule has 2 aromatic carbocycles. The van der Waals surface area contributed by atoms with Crippen molar-refractivity contribution >= 4 is 23.4 Å². The maximum atomic E-state index is 10.4. The number of halogens is 1. The zero-order chi connectivity index (χ0) is 11.8. The average molecular weight is 263 g/mol. The number of rotatable bonds is 0. The Morgan fingerprint density at radius 3 is 2.82 bits per heavy atom. The molecule has 2 aromatic rings. The van der Waals surface area contributed by atoms with Crippen LogP contribution in [-0.4, -0.2) is 5.11 Å². The van der Waals surface area contributed by atoms with Crippen molar-refractivity contribution in [2.45, 2.75) is 16.8 Å². The Balaban J connectivity index is 2.16. The van der Waals surface area contributed by atoms with Gasteiger partial charge < -0.3 is 5.11 Å². The summed E-state index contributed by atoms with van der Waals surface area (Å²) in [5, 5.41) is 11.1. The van der Waals surface area contributed by atoms with Gasteiger partial charge in [-0.1, -0.05) is 41.9 Å². The minimum Gasteiger partial charge on any atom is -0.384 e. The lowest BCUT2D eigenvalue weighted by Gasteiger charge is -2.13. The third-order valence-corrected chi connectivity index (χ3v) is 4.36. The van der Waals surface area contributed by atoms with Gasteiger partial charge in [0.15, 0.2) is 0 Å². The second kappa shape index (κ2) is 4.37. The highest BCUT2D eigenvalue weighted by molar-refractivity contribution is 7.98. The van der Waals surface area contributed by atoms with E-state index in [1.165, 1.54) is 5.56 Å². The lowest BCUT2D eigenvalue weighted by molar-refractivity contribution is 0.217. The third-order valence-electron chi connectivity index (χ3n) is 3.00. The molecule has 0 radical (unpaired) electrons. The van der Waals surface area contributed by atoms with Crippen molar-refractivity contribution in [1.82, 2.24) is 0 Å². The summed E-state index contributed by atoms with van der Waals surface area (Å²) in [7, 11) is 0. The molecular formula is C14H11ClOS. The molecular weight excluding hydrogens is 252 g/mol. The van der Waals surface area contributed by atoms with E-state index in [0.29, 0.717) is 0 Å². The highest BCUT2D eigenvalue weighted by atomic mass is 35.5. The second-order valence-electron chi connectivity index (χ2n) is 4.07. The Bertz CT molecular complexity index is 568. The van der Waals surface area contributed by atoms with E-state index in [2.05, 4.69) is 6.07 Å². The summed E-state index contributed by atoms with van der Waals surface area (Å²) >= 11 is 7.72. The van der Waals surface area contributed by atoms with Crippen LogP contribution in [-0.2, 0) is 5.75 Å². The number of aliphatic hydroxyl groups excluding tert-OH is 1. The zero-order valence-corrected chi connectivity index (χ0v) is 10.6. The van der Waals surface area contributed by atoms with E-state index in [1.807, 2.05) is 36.4 Å². The van der Waals surface area contributed by atoms with Crippen LogP contribution in [0.3, 0.4) is 0 Å². The highest BCUT2D eigenvalue weighted by Crippen LogP contribution is 2.40. The summed E-state index contributed by atoms with van der Waals surface area (Å²) in [6.07, 6.45) is -0.548. The third kappa shape index (κ3) is 1.97. The summed E-state index contributed by atoms with van der Waals surface area (Å²) in [4.78, 5) is 1.07. The van der Waals surface area contributed by atoms with Gasteiger partial charge in [-0.05, 0) is 28.8 Å². The van der Waals surface area contributed by atoms with Crippen LogP contribution >= 0.6 is 23.4 Å². The smallest absolute Gasteiger partial charge is 0.105 e. The Hall–Kier alpha value is -0.960. The molecule has 0 saturated carbocycles. The van der Waals surface area contributed by atoms with E-state index in [1.54, 1.807) is 11.8 Å². The van der Waals surface area contributed by atoms with Crippen molar-refractivity contribution in [3.05, 3.63) is 64.2 Å². The quantitative estimate of drug-likeness (QED) is 0.774. The number of hydrogen-bond donors (Lipinski definition) is 1. The molecule has 1 unspecified atom stereocenters. The zero-order valence-electron chi connectivity index (χ0n) is 9.06. The highest BCUT2D eigenvalue weighted by Gasteiger charge is 2.21. The molecule has 0 saturated heterocycles. The van der Waals surface area contributed by atoms with Crippen molar-refractivity contribution in [3.63, 3.8) is 0 Å². The molecule has 17 heavy (non-hydrogen) atoms. The SMILES string of the molecule is OC1c2ccccc2CSc2cc(Cl)ccc21. The van der Waals surface area contributed by atoms with E-state index < -0.39 is 6.10 Å². The molecule has 1 aliphatic rings. The fourth-order valence-electron chi connectivity index (χ4n) is 2.11. The Labute approximate surface area is 109 Å². The minimum absolute atomic E-state index is 0.548. The molecule has 3 rings (SSSR count). The second-order valence-corrected chi connectivity index (χ2v) is 5.53. The molecule has 86 valence electrons. The Kier molecular flexibility index (Phi) is 2.87. The van der Waals surface area contributed by atoms with Gasteiger partial charge in [0.05, 0.1) is 0 Å². The lowest BCUT2D eigenvalue weighted by Crippen LogP contribution is -2.01. The van der Waals surface area contributed by atoms with Crippen LogP contribution in [0.4, 0.5) is 0 Å². The van der Waals surface area contributed by atoms with Gasteiger partial charge in [-0.3, -0.25) is 0 Å². The molecule has 0 fully saturated rings. The first-order valence-electron chi connectivity index (χ1n) is 5.44. The predicted octanol–water partition coefficient (Wildman–Crippen LogP) is 4.03. The molecule has 0 aliphatic carbocycles. The fourth-order valence-corrected chi connectivity index (χ4v) is 3.48. The van der Waals surface area contributed by atoms with Crippen molar-refractivity contribution in [1.29, 1.82) is 0 Å². The van der Waals surface area contributed by atoms with E-state index in [0.717, 1.165) is 26.8 Å². The minimum atomic E-state index is -0.548. The van der Waals surface area contributed by atoms with E-state index >= 15 is 0 Å². The number of thioether (sulfide) groups is 1. The van der Waals surface area contributed by atoms with Gasteiger partial charge in [0.25, 0.3) is 0 Å². The molecule has 1 atom stereocenters. The normalized spacial score (nSPS) is 18.1. The van der Waals surface area contributed by atoms with Crippen LogP contribution in [0.25, 0.3) is 0 Å². The van der Waals surface area contributed by atoms with E-state index in [-0.39, 0.29) is 0 Å². The molecule has 1 heterocycles. The van der Waals surface area contributed by atoms with Gasteiger partial charge in [0.1, 0.15) is 6.10 Å². The summed E-state index contributed by atoms with van der Waals surface area (Å²) in [6, 6.07) is 13.7. The number of hydrogen-bond acceptors (Lipinski definition) is 2. The van der Waals surface area contributed by atoms with Crippen LogP contribution in [0.5, 0.6) is 0 Å². The molecule has 1 aliphatic heterocycles. The lowest BCUT2D eigenvalue weighted by atomic mass is 9.98. The van der Waals surface area contributed by atoms with Gasteiger partial charge in [-0.25, -0.2) is 0 Å². The molecule has 0 amide bonds. The van der Waals surface area contributed by atoms with Crippen molar-refractivity contribution < 1.29 is 5.11 Å². The molecule has 3 heteroatoms. The van der Waals surface area contributed by atoms with Gasteiger partial charge in [-0.15, -0.1) is 11.8 Å². The Morgan fingerprint density at radius 1 is 1.12 bits per heavy atom. The number of benzene rings is 2. The first-order valence-corrected chi connectivity index (χ1v) is 6.80. The van der Waals surface area contributed by atoms with Crippen LogP contribution in [0, 0.1) is 0 Å². The monoisotopic (exact) mass is 262 g/mol. The average Bonchev–Trinajstić information content (AvgIpc) is 2.48. The Morgan fingerprint density at radius 2 is 1.94 bits per heavy atom. The van der Waals surface area contributed by atoms with Gasteiger partial charge in [-0.2, -0.15) is 0 Å². The summed E-state index contributed by atoms with van der Waals surface area (Å²) in [5.41, 5.74) is 3.14. The molecule has 1 nitrogen and oxygen atoms in total. The predicted molar refractivity (Wildman–Crippen MR) is 71.5 cm³/mol. The summed E-state index contributed by atoms with van der Waals surface area (Å²) < 4.78 is 0. The van der Waals surface area contributed by atoms with Crippen LogP contribution in [0.1, 0.15) is 22.8 Å². The van der Waals surface area contributed by atoms with E-state index in [4.69, 9.17) is 11.6 Å². The standard InChI is InChI=1S/C14H11ClOS/c15-10-5-6-12-13(7-10)17-8-9-3-1-2-4-11(9)14(12)16/h1-7,14,16H,8H2. The van der Waals surface area contributed by atoms with Crippen LogP contribution in [0.15, 0.2) is 47.4 Å². The molecule has 0 bridgehead atoms. The number of fused-ring (bicyclic) bond motifs is 2. The topological polar surface area (TPSA) is 20.2 Å². The van der Waals surface area contributed by atoms with Gasteiger partial charge >= 0.3 is 0 Å². The molecule has 0 spiro atoms. The maximum Gasteiger partial charge on any atom is 0.105 e. The fraction of sp³-hybridized carbons (Fsp3) is 0.143. The van der Waals surface area contributed by atoms with Gasteiger partial charge in [0.2, 0.25) is 0 Å². The first-order chi connectivity index (χ1) is 8.25.